The van der Waals surface area contributed by atoms with E-state index in [1.54, 1.807) is 12.1 Å². The van der Waals surface area contributed by atoms with Crippen LogP contribution in [0, 0.1) is 5.82 Å². The van der Waals surface area contributed by atoms with E-state index in [2.05, 4.69) is 0 Å². The van der Waals surface area contributed by atoms with E-state index in [9.17, 15) is 9.18 Å². The summed E-state index contributed by atoms with van der Waals surface area (Å²) in [4.78, 5) is 10.9. The Balaban J connectivity index is 2.89. The first-order chi connectivity index (χ1) is 5.61. The number of ketones is 1. The zero-order valence-corrected chi connectivity index (χ0v) is 7.17. The number of hydrogen-bond acceptors (Lipinski definition) is 1. The summed E-state index contributed by atoms with van der Waals surface area (Å²) >= 11 is 0. The van der Waals surface area contributed by atoms with E-state index < -0.39 is 0 Å². The normalized spacial score (nSPS) is 12.5. The fraction of sp³-hybridized carbons (Fsp3) is 0.222. The lowest BCUT2D eigenvalue weighted by Gasteiger charge is -2.06. The van der Waals surface area contributed by atoms with Crippen molar-refractivity contribution in [1.82, 2.24) is 0 Å². The van der Waals surface area contributed by atoms with Gasteiger partial charge >= 0.3 is 0 Å². The van der Waals surface area contributed by atoms with E-state index in [0.29, 0.717) is 0 Å². The highest BCUT2D eigenvalue weighted by atomic mass is 19.1. The Labute approximate surface area is 72.0 Å². The molecule has 0 aliphatic rings. The first-order valence-electron chi connectivity index (χ1n) is 3.87. The van der Waals surface area contributed by atoms with Crippen LogP contribution in [0.1, 0.15) is 18.3 Å². The van der Waals surface area contributed by atoms with E-state index in [0.717, 1.165) is 5.56 Å². The van der Waals surface area contributed by atoms with Gasteiger partial charge in [0, 0.05) is 5.82 Å². The fourth-order valence-corrected chi connectivity index (χ4v) is 0.986. The van der Waals surface area contributed by atoms with E-state index in [-0.39, 0.29) is 17.4 Å². The Kier molecular flexibility index (Phi) is 2.63. The van der Waals surface area contributed by atoms with Gasteiger partial charge in [-0.05, 0) is 24.6 Å². The summed E-state index contributed by atoms with van der Waals surface area (Å²) in [6.07, 6.45) is 0. The van der Waals surface area contributed by atoms with Crippen LogP contribution in [0.4, 0.5) is 4.39 Å². The Morgan fingerprint density at radius 2 is 1.92 bits per heavy atom. The minimum Gasteiger partial charge on any atom is -0.300 e. The second-order valence-corrected chi connectivity index (χ2v) is 2.88. The second-order valence-electron chi connectivity index (χ2n) is 2.88. The summed E-state index contributed by atoms with van der Waals surface area (Å²) in [5.41, 5.74) is 0.865. The lowest BCUT2D eigenvalue weighted by atomic mass is 9.78. The van der Waals surface area contributed by atoms with Gasteiger partial charge in [0.15, 0.2) is 0 Å². The molecule has 1 aromatic carbocycles. The molecule has 0 heterocycles. The smallest absolute Gasteiger partial charge is 0.129 e. The molecule has 1 aromatic rings. The van der Waals surface area contributed by atoms with Gasteiger partial charge in [0.05, 0.1) is 0 Å². The third-order valence-corrected chi connectivity index (χ3v) is 1.98. The summed E-state index contributed by atoms with van der Waals surface area (Å²) < 4.78 is 12.5. The van der Waals surface area contributed by atoms with Crippen molar-refractivity contribution in [3.8, 4) is 0 Å². The van der Waals surface area contributed by atoms with Gasteiger partial charge in [0.1, 0.15) is 19.4 Å². The zero-order chi connectivity index (χ0) is 9.14. The van der Waals surface area contributed by atoms with Gasteiger partial charge in [0.25, 0.3) is 0 Å². The maximum Gasteiger partial charge on any atom is 0.129 e. The highest BCUT2D eigenvalue weighted by molar-refractivity contribution is 6.24. The highest BCUT2D eigenvalue weighted by Crippen LogP contribution is 2.13. The van der Waals surface area contributed by atoms with Gasteiger partial charge in [-0.3, -0.25) is 0 Å². The monoisotopic (exact) mass is 164 g/mol. The maximum absolute atomic E-state index is 12.5. The van der Waals surface area contributed by atoms with E-state index >= 15 is 0 Å². The van der Waals surface area contributed by atoms with Gasteiger partial charge < -0.3 is 4.79 Å². The molecule has 12 heavy (non-hydrogen) atoms. The van der Waals surface area contributed by atoms with Crippen molar-refractivity contribution in [2.75, 3.05) is 0 Å². The third-order valence-electron chi connectivity index (χ3n) is 1.98. The fourth-order valence-electron chi connectivity index (χ4n) is 0.986. The van der Waals surface area contributed by atoms with Crippen molar-refractivity contribution in [2.45, 2.75) is 12.7 Å². The van der Waals surface area contributed by atoms with Crippen molar-refractivity contribution >= 4 is 13.6 Å². The second kappa shape index (κ2) is 3.52. The highest BCUT2D eigenvalue weighted by Gasteiger charge is 2.09. The molecule has 0 aliphatic heterocycles. The first-order valence-corrected chi connectivity index (χ1v) is 3.87. The van der Waals surface area contributed by atoms with Crippen LogP contribution in [-0.4, -0.2) is 13.6 Å². The number of carbonyl (C=O) groups is 1. The van der Waals surface area contributed by atoms with Crippen molar-refractivity contribution in [1.29, 1.82) is 0 Å². The summed E-state index contributed by atoms with van der Waals surface area (Å²) in [7, 11) is 1.82. The Morgan fingerprint density at radius 3 is 2.33 bits per heavy atom. The summed E-state index contributed by atoms with van der Waals surface area (Å²) in [6, 6.07) is 6.02. The molecule has 0 bridgehead atoms. The number of benzene rings is 1. The molecule has 0 saturated carbocycles. The molecule has 0 N–H and O–H groups in total. The predicted molar refractivity (Wildman–Crippen MR) is 48.4 cm³/mol. The van der Waals surface area contributed by atoms with E-state index in [4.69, 9.17) is 0 Å². The molecule has 0 radical (unpaired) electrons. The maximum atomic E-state index is 12.5. The molecule has 0 aromatic heterocycles. The van der Waals surface area contributed by atoms with Gasteiger partial charge in [0.2, 0.25) is 0 Å². The molecule has 0 spiro atoms. The topological polar surface area (TPSA) is 17.1 Å². The minimum absolute atomic E-state index is 0.0987. The van der Waals surface area contributed by atoms with Crippen LogP contribution in [0.5, 0.6) is 0 Å². The standard InChI is InChI=1S/C9H10BFO/c1-6(12)9(10)7-2-4-8(11)5-3-7/h2-5,9H,10H2,1H3. The molecule has 1 nitrogen and oxygen atoms in total. The quantitative estimate of drug-likeness (QED) is 0.598. The molecule has 1 unspecified atom stereocenters. The molecule has 1 rings (SSSR count). The minimum atomic E-state index is -0.269. The first kappa shape index (κ1) is 8.98. The average Bonchev–Trinajstić information content (AvgIpc) is 2.04. The third kappa shape index (κ3) is 1.94. The van der Waals surface area contributed by atoms with Crippen LogP contribution in [0.3, 0.4) is 0 Å². The van der Waals surface area contributed by atoms with Crippen molar-refractivity contribution in [3.63, 3.8) is 0 Å². The summed E-state index contributed by atoms with van der Waals surface area (Å²) in [5.74, 6) is -0.304. The van der Waals surface area contributed by atoms with Crippen molar-refractivity contribution in [3.05, 3.63) is 35.6 Å². The van der Waals surface area contributed by atoms with Crippen LogP contribution in [0.15, 0.2) is 24.3 Å². The molecular weight excluding hydrogens is 154 g/mol. The lowest BCUT2D eigenvalue weighted by molar-refractivity contribution is -0.116. The molecule has 0 aliphatic carbocycles. The van der Waals surface area contributed by atoms with E-state index in [1.807, 2.05) is 7.85 Å². The Morgan fingerprint density at radius 1 is 1.42 bits per heavy atom. The zero-order valence-electron chi connectivity index (χ0n) is 7.17. The molecule has 0 saturated heterocycles. The van der Waals surface area contributed by atoms with Crippen LogP contribution in [0.2, 0.25) is 0 Å². The van der Waals surface area contributed by atoms with Crippen LogP contribution >= 0.6 is 0 Å². The van der Waals surface area contributed by atoms with Crippen molar-refractivity contribution < 1.29 is 9.18 Å². The SMILES string of the molecule is BC(C(C)=O)c1ccc(F)cc1. The lowest BCUT2D eigenvalue weighted by Crippen LogP contribution is -2.07. The largest absolute Gasteiger partial charge is 0.300 e. The predicted octanol–water partition coefficient (Wildman–Crippen LogP) is 1.09. The molecule has 0 amide bonds. The Hall–Kier alpha value is -1.12. The molecular formula is C9H10BFO. The van der Waals surface area contributed by atoms with Gasteiger partial charge in [-0.1, -0.05) is 12.1 Å². The number of halogens is 1. The van der Waals surface area contributed by atoms with Crippen LogP contribution in [0.25, 0.3) is 0 Å². The summed E-state index contributed by atoms with van der Waals surface area (Å²) in [5, 5.41) is 0. The van der Waals surface area contributed by atoms with Crippen molar-refractivity contribution in [2.24, 2.45) is 0 Å². The number of rotatable bonds is 2. The van der Waals surface area contributed by atoms with Crippen LogP contribution < -0.4 is 0 Å². The van der Waals surface area contributed by atoms with Crippen LogP contribution in [-0.2, 0) is 4.79 Å². The number of Topliss-reactive ketones (excluding diaryl/α,β-unsaturated/α-hetero) is 1. The Bertz CT molecular complexity index is 281. The average molecular weight is 164 g/mol. The number of hydrogen-bond donors (Lipinski definition) is 0. The van der Waals surface area contributed by atoms with Gasteiger partial charge in [-0.25, -0.2) is 4.39 Å². The number of carbonyl (C=O) groups excluding carboxylic acids is 1. The molecule has 1 atom stereocenters. The van der Waals surface area contributed by atoms with Gasteiger partial charge in [-0.15, -0.1) is 0 Å². The van der Waals surface area contributed by atoms with Gasteiger partial charge in [-0.2, -0.15) is 0 Å². The molecule has 0 fully saturated rings. The summed E-state index contributed by atoms with van der Waals surface area (Å²) in [6.45, 7) is 1.54. The molecule has 62 valence electrons. The molecule has 3 heteroatoms. The van der Waals surface area contributed by atoms with E-state index in [1.165, 1.54) is 19.1 Å².